The summed E-state index contributed by atoms with van der Waals surface area (Å²) >= 11 is 0. The van der Waals surface area contributed by atoms with Gasteiger partial charge in [0.1, 0.15) is 11.3 Å². The molecule has 10 heteroatoms. The maximum absolute atomic E-state index is 11.4. The molecule has 0 unspecified atom stereocenters. The van der Waals surface area contributed by atoms with Crippen LogP contribution in [0.15, 0.2) is 42.5 Å². The third-order valence-corrected chi connectivity index (χ3v) is 5.28. The number of benzene rings is 2. The molecule has 1 N–H and O–H groups in total. The Bertz CT molecular complexity index is 993. The Balaban J connectivity index is 1.47. The molecule has 1 spiro atoms. The third kappa shape index (κ3) is 2.79. The van der Waals surface area contributed by atoms with Gasteiger partial charge in [-0.3, -0.25) is 20.2 Å². The fourth-order valence-corrected chi connectivity index (χ4v) is 4.03. The molecule has 2 heterocycles. The van der Waals surface area contributed by atoms with Gasteiger partial charge in [0.05, 0.1) is 9.85 Å². The number of anilines is 2. The number of aromatic carboxylic acids is 1. The van der Waals surface area contributed by atoms with Crippen molar-refractivity contribution in [2.45, 2.75) is 0 Å². The first-order valence-electron chi connectivity index (χ1n) is 8.55. The van der Waals surface area contributed by atoms with Gasteiger partial charge in [0.25, 0.3) is 5.69 Å². The predicted octanol–water partition coefficient (Wildman–Crippen LogP) is 2.53. The zero-order valence-corrected chi connectivity index (χ0v) is 14.6. The first kappa shape index (κ1) is 17.7. The van der Waals surface area contributed by atoms with E-state index in [0.717, 1.165) is 5.69 Å². The first-order valence-corrected chi connectivity index (χ1v) is 8.55. The summed E-state index contributed by atoms with van der Waals surface area (Å²) < 4.78 is 0. The SMILES string of the molecule is O=C(O)c1cccc(N2CC3(CN(c4cccc([N+](=O)[O-])c4)C3)C2)c1[N+](=O)[O-]. The molecular weight excluding hydrogens is 368 g/mol. The number of carboxylic acid groups (broad SMARTS) is 1. The number of nitrogens with zero attached hydrogens (tertiary/aromatic N) is 4. The lowest BCUT2D eigenvalue weighted by Gasteiger charge is -2.61. The normalized spacial score (nSPS) is 17.0. The number of non-ortho nitro benzene ring substituents is 1. The van der Waals surface area contributed by atoms with E-state index in [1.165, 1.54) is 24.3 Å². The Labute approximate surface area is 158 Å². The second-order valence-electron chi connectivity index (χ2n) is 7.22. The van der Waals surface area contributed by atoms with Gasteiger partial charge >= 0.3 is 11.7 Å². The van der Waals surface area contributed by atoms with Crippen molar-refractivity contribution in [3.8, 4) is 0 Å². The smallest absolute Gasteiger partial charge is 0.342 e. The maximum atomic E-state index is 11.4. The predicted molar refractivity (Wildman–Crippen MR) is 100 cm³/mol. The molecule has 2 aromatic rings. The van der Waals surface area contributed by atoms with Crippen molar-refractivity contribution in [1.29, 1.82) is 0 Å². The second-order valence-corrected chi connectivity index (χ2v) is 7.22. The fourth-order valence-electron chi connectivity index (χ4n) is 4.03. The Hall–Kier alpha value is -3.69. The lowest BCUT2D eigenvalue weighted by atomic mass is 9.72. The van der Waals surface area contributed by atoms with Gasteiger partial charge in [0.2, 0.25) is 0 Å². The molecule has 2 aliphatic rings. The van der Waals surface area contributed by atoms with Crippen LogP contribution in [-0.2, 0) is 0 Å². The highest BCUT2D eigenvalue weighted by Crippen LogP contribution is 2.46. The Morgan fingerprint density at radius 2 is 1.61 bits per heavy atom. The van der Waals surface area contributed by atoms with E-state index in [1.807, 2.05) is 15.9 Å². The van der Waals surface area contributed by atoms with Gasteiger partial charge in [-0.15, -0.1) is 0 Å². The summed E-state index contributed by atoms with van der Waals surface area (Å²) in [4.78, 5) is 36.4. The third-order valence-electron chi connectivity index (χ3n) is 5.28. The summed E-state index contributed by atoms with van der Waals surface area (Å²) in [5, 5.41) is 31.6. The van der Waals surface area contributed by atoms with Gasteiger partial charge in [0.15, 0.2) is 0 Å². The summed E-state index contributed by atoms with van der Waals surface area (Å²) in [6, 6.07) is 10.7. The van der Waals surface area contributed by atoms with Crippen LogP contribution in [0.2, 0.25) is 0 Å². The van der Waals surface area contributed by atoms with E-state index in [-0.39, 0.29) is 22.4 Å². The molecule has 0 saturated carbocycles. The Morgan fingerprint density at radius 1 is 0.964 bits per heavy atom. The Morgan fingerprint density at radius 3 is 2.21 bits per heavy atom. The van der Waals surface area contributed by atoms with Crippen molar-refractivity contribution in [2.24, 2.45) is 5.41 Å². The summed E-state index contributed by atoms with van der Waals surface area (Å²) in [5.74, 6) is -1.33. The van der Waals surface area contributed by atoms with Crippen molar-refractivity contribution in [2.75, 3.05) is 36.0 Å². The van der Waals surface area contributed by atoms with Crippen LogP contribution in [0.4, 0.5) is 22.7 Å². The highest BCUT2D eigenvalue weighted by atomic mass is 16.6. The molecule has 2 saturated heterocycles. The zero-order valence-electron chi connectivity index (χ0n) is 14.6. The maximum Gasteiger partial charge on any atom is 0.342 e. The van der Waals surface area contributed by atoms with Gasteiger partial charge in [-0.2, -0.15) is 0 Å². The molecule has 2 aliphatic heterocycles. The van der Waals surface area contributed by atoms with Gasteiger partial charge < -0.3 is 14.9 Å². The van der Waals surface area contributed by atoms with Crippen molar-refractivity contribution in [1.82, 2.24) is 0 Å². The molecule has 0 aromatic heterocycles. The van der Waals surface area contributed by atoms with Gasteiger partial charge in [0, 0.05) is 49.4 Å². The lowest BCUT2D eigenvalue weighted by Crippen LogP contribution is -2.72. The van der Waals surface area contributed by atoms with E-state index in [1.54, 1.807) is 12.1 Å². The summed E-state index contributed by atoms with van der Waals surface area (Å²) in [6.07, 6.45) is 0. The number of nitro groups is 2. The molecule has 0 bridgehead atoms. The van der Waals surface area contributed by atoms with Gasteiger partial charge in [-0.25, -0.2) is 4.79 Å². The fraction of sp³-hybridized carbons (Fsp3) is 0.278. The van der Waals surface area contributed by atoms with Crippen LogP contribution in [0.5, 0.6) is 0 Å². The molecule has 0 aliphatic carbocycles. The van der Waals surface area contributed by atoms with E-state index >= 15 is 0 Å². The topological polar surface area (TPSA) is 130 Å². The molecule has 28 heavy (non-hydrogen) atoms. The van der Waals surface area contributed by atoms with Crippen molar-refractivity contribution in [3.05, 3.63) is 68.3 Å². The van der Waals surface area contributed by atoms with Crippen molar-refractivity contribution >= 4 is 28.7 Å². The number of rotatable bonds is 5. The summed E-state index contributed by atoms with van der Waals surface area (Å²) in [5.41, 5.74) is 0.365. The number of carbonyl (C=O) groups is 1. The van der Waals surface area contributed by atoms with Crippen LogP contribution in [0.3, 0.4) is 0 Å². The van der Waals surface area contributed by atoms with E-state index < -0.39 is 15.8 Å². The zero-order chi connectivity index (χ0) is 20.1. The average Bonchev–Trinajstić information content (AvgIpc) is 2.59. The van der Waals surface area contributed by atoms with E-state index in [4.69, 9.17) is 0 Å². The van der Waals surface area contributed by atoms with E-state index in [9.17, 15) is 30.1 Å². The van der Waals surface area contributed by atoms with Crippen LogP contribution in [0.1, 0.15) is 10.4 Å². The standard InChI is InChI=1S/C18H16N4O6/c23-17(24)14-5-2-6-15(16(14)22(27)28)20-10-18(11-20)8-19(9-18)12-3-1-4-13(7-12)21(25)26/h1-7H,8-11H2,(H,23,24). The highest BCUT2D eigenvalue weighted by Gasteiger charge is 2.53. The van der Waals surface area contributed by atoms with Crippen LogP contribution in [0.25, 0.3) is 0 Å². The van der Waals surface area contributed by atoms with E-state index in [0.29, 0.717) is 31.9 Å². The molecule has 4 rings (SSSR count). The highest BCUT2D eigenvalue weighted by molar-refractivity contribution is 5.95. The number of para-hydroxylation sites is 1. The quantitative estimate of drug-likeness (QED) is 0.615. The second kappa shape index (κ2) is 6.19. The number of hydrogen-bond donors (Lipinski definition) is 1. The molecule has 0 amide bonds. The van der Waals surface area contributed by atoms with Crippen LogP contribution < -0.4 is 9.80 Å². The summed E-state index contributed by atoms with van der Waals surface area (Å²) in [6.45, 7) is 2.53. The Kier molecular flexibility index (Phi) is 3.91. The molecule has 144 valence electrons. The largest absolute Gasteiger partial charge is 0.477 e. The molecule has 10 nitrogen and oxygen atoms in total. The first-order chi connectivity index (χ1) is 13.3. The minimum atomic E-state index is -1.33. The van der Waals surface area contributed by atoms with E-state index in [2.05, 4.69) is 0 Å². The number of carboxylic acids is 1. The number of hydrogen-bond acceptors (Lipinski definition) is 7. The molecular formula is C18H16N4O6. The summed E-state index contributed by atoms with van der Waals surface area (Å²) in [7, 11) is 0. The van der Waals surface area contributed by atoms with Crippen LogP contribution >= 0.6 is 0 Å². The van der Waals surface area contributed by atoms with Gasteiger partial charge in [-0.1, -0.05) is 12.1 Å². The minimum Gasteiger partial charge on any atom is -0.477 e. The van der Waals surface area contributed by atoms with Crippen LogP contribution in [-0.4, -0.2) is 47.1 Å². The van der Waals surface area contributed by atoms with Gasteiger partial charge in [-0.05, 0) is 18.2 Å². The molecule has 0 radical (unpaired) electrons. The molecule has 2 fully saturated rings. The molecule has 2 aromatic carbocycles. The monoisotopic (exact) mass is 384 g/mol. The van der Waals surface area contributed by atoms with Crippen molar-refractivity contribution in [3.63, 3.8) is 0 Å². The number of nitro benzene ring substituents is 2. The lowest BCUT2D eigenvalue weighted by molar-refractivity contribution is -0.384. The average molecular weight is 384 g/mol. The minimum absolute atomic E-state index is 0.0368. The van der Waals surface area contributed by atoms with Crippen LogP contribution in [0, 0.1) is 25.6 Å². The van der Waals surface area contributed by atoms with Crippen molar-refractivity contribution < 1.29 is 19.7 Å². The molecule has 0 atom stereocenters.